The van der Waals surface area contributed by atoms with Crippen molar-refractivity contribution in [3.63, 3.8) is 0 Å². The smallest absolute Gasteiger partial charge is 0.321 e. The molecule has 1 aliphatic rings. The van der Waals surface area contributed by atoms with E-state index in [-0.39, 0.29) is 10.8 Å². The Morgan fingerprint density at radius 1 is 1.10 bits per heavy atom. The molecular formula is C22H30N4O2S. The average molecular weight is 415 g/mol. The second kappa shape index (κ2) is 9.50. The number of aromatic nitrogens is 1. The summed E-state index contributed by atoms with van der Waals surface area (Å²) in [6.07, 6.45) is 1.81. The van der Waals surface area contributed by atoms with E-state index >= 15 is 0 Å². The summed E-state index contributed by atoms with van der Waals surface area (Å²) in [5.74, 6) is 0.486. The van der Waals surface area contributed by atoms with E-state index in [0.29, 0.717) is 18.8 Å². The van der Waals surface area contributed by atoms with Gasteiger partial charge < -0.3 is 10.2 Å². The zero-order valence-corrected chi connectivity index (χ0v) is 18.2. The molecule has 2 aromatic rings. The van der Waals surface area contributed by atoms with Crippen molar-refractivity contribution < 1.29 is 9.00 Å². The topological polar surface area (TPSA) is 65.5 Å². The van der Waals surface area contributed by atoms with E-state index in [1.807, 2.05) is 74.3 Å². The molecule has 156 valence electrons. The highest BCUT2D eigenvalue weighted by Crippen LogP contribution is 2.19. The van der Waals surface area contributed by atoms with Crippen LogP contribution in [0.1, 0.15) is 32.0 Å². The minimum Gasteiger partial charge on any atom is -0.322 e. The molecule has 2 heterocycles. The van der Waals surface area contributed by atoms with Crippen molar-refractivity contribution in [2.75, 3.05) is 31.5 Å². The van der Waals surface area contributed by atoms with Crippen LogP contribution in [0.5, 0.6) is 0 Å². The van der Waals surface area contributed by atoms with Crippen molar-refractivity contribution in [2.45, 2.75) is 37.8 Å². The summed E-state index contributed by atoms with van der Waals surface area (Å²) in [5.41, 5.74) is 2.76. The Hall–Kier alpha value is -2.25. The molecule has 0 spiro atoms. The van der Waals surface area contributed by atoms with Gasteiger partial charge in [-0.05, 0) is 50.6 Å². The summed E-state index contributed by atoms with van der Waals surface area (Å²) >= 11 is 0. The number of amides is 2. The number of carbonyl (C=O) groups is 1. The molecule has 29 heavy (non-hydrogen) atoms. The third-order valence-electron chi connectivity index (χ3n) is 4.93. The molecule has 0 bridgehead atoms. The Balaban J connectivity index is 1.51. The fraction of sp³-hybridized carbons (Fsp3) is 0.455. The number of rotatable bonds is 5. The standard InChI is InChI=1S/C22H30N4O2S/c1-22(2,3)29(28)17-18-7-6-9-19(15-18)24-21(27)26-13-11-25(12-14-26)16-20-8-4-5-10-23-20/h4-10,15H,11-14,16-17H2,1-3H3,(H,24,27). The highest BCUT2D eigenvalue weighted by molar-refractivity contribution is 7.85. The molecule has 1 saturated heterocycles. The maximum atomic E-state index is 12.6. The number of piperazine rings is 1. The van der Waals surface area contributed by atoms with E-state index in [2.05, 4.69) is 15.2 Å². The van der Waals surface area contributed by atoms with Crippen LogP contribution in [0.3, 0.4) is 0 Å². The van der Waals surface area contributed by atoms with Crippen molar-refractivity contribution in [2.24, 2.45) is 0 Å². The Labute approximate surface area is 175 Å². The van der Waals surface area contributed by atoms with E-state index in [9.17, 15) is 9.00 Å². The van der Waals surface area contributed by atoms with Gasteiger partial charge >= 0.3 is 6.03 Å². The van der Waals surface area contributed by atoms with E-state index < -0.39 is 10.8 Å². The van der Waals surface area contributed by atoms with Gasteiger partial charge in [0.15, 0.2) is 0 Å². The average Bonchev–Trinajstić information content (AvgIpc) is 2.69. The second-order valence-corrected chi connectivity index (χ2v) is 10.5. The summed E-state index contributed by atoms with van der Waals surface area (Å²) in [7, 11) is -0.968. The molecule has 7 heteroatoms. The SMILES string of the molecule is CC(C)(C)S(=O)Cc1cccc(NC(=O)N2CCN(Cc3ccccn3)CC2)c1. The van der Waals surface area contributed by atoms with Gasteiger partial charge in [0.1, 0.15) is 0 Å². The highest BCUT2D eigenvalue weighted by Gasteiger charge is 2.22. The highest BCUT2D eigenvalue weighted by atomic mass is 32.2. The van der Waals surface area contributed by atoms with Gasteiger partial charge in [0.05, 0.1) is 5.69 Å². The second-order valence-electron chi connectivity index (χ2n) is 8.32. The molecule has 1 aliphatic heterocycles. The Morgan fingerprint density at radius 3 is 2.52 bits per heavy atom. The predicted octanol–water partition coefficient (Wildman–Crippen LogP) is 3.48. The van der Waals surface area contributed by atoms with E-state index in [4.69, 9.17) is 0 Å². The molecule has 1 unspecified atom stereocenters. The number of benzene rings is 1. The number of nitrogens with one attached hydrogen (secondary N) is 1. The third-order valence-corrected chi connectivity index (χ3v) is 6.89. The Morgan fingerprint density at radius 2 is 1.86 bits per heavy atom. The minimum absolute atomic E-state index is 0.0865. The quantitative estimate of drug-likeness (QED) is 0.814. The molecule has 1 aromatic carbocycles. The molecule has 6 nitrogen and oxygen atoms in total. The lowest BCUT2D eigenvalue weighted by atomic mass is 10.2. The Kier molecular flexibility index (Phi) is 7.03. The molecule has 0 saturated carbocycles. The summed E-state index contributed by atoms with van der Waals surface area (Å²) in [4.78, 5) is 21.2. The lowest BCUT2D eigenvalue weighted by Crippen LogP contribution is -2.49. The van der Waals surface area contributed by atoms with Crippen LogP contribution in [0.15, 0.2) is 48.7 Å². The molecule has 1 N–H and O–H groups in total. The fourth-order valence-corrected chi connectivity index (χ4v) is 4.05. The fourth-order valence-electron chi connectivity index (χ4n) is 3.14. The number of nitrogens with zero attached hydrogens (tertiary/aromatic N) is 3. The van der Waals surface area contributed by atoms with Crippen LogP contribution < -0.4 is 5.32 Å². The van der Waals surface area contributed by atoms with Crippen molar-refractivity contribution in [1.82, 2.24) is 14.8 Å². The molecule has 0 aliphatic carbocycles. The van der Waals surface area contributed by atoms with Gasteiger partial charge in [-0.3, -0.25) is 14.1 Å². The van der Waals surface area contributed by atoms with Crippen LogP contribution in [-0.2, 0) is 23.1 Å². The van der Waals surface area contributed by atoms with Crippen LogP contribution in [0.4, 0.5) is 10.5 Å². The van der Waals surface area contributed by atoms with Crippen LogP contribution in [0.2, 0.25) is 0 Å². The molecule has 1 fully saturated rings. The molecule has 3 rings (SSSR count). The van der Waals surface area contributed by atoms with Crippen molar-refractivity contribution >= 4 is 22.5 Å². The summed E-state index contributed by atoms with van der Waals surface area (Å²) in [6.45, 7) is 9.76. The van der Waals surface area contributed by atoms with Crippen LogP contribution in [-0.4, -0.2) is 55.9 Å². The lowest BCUT2D eigenvalue weighted by molar-refractivity contribution is 0.142. The first-order chi connectivity index (χ1) is 13.8. The van der Waals surface area contributed by atoms with Gasteiger partial charge in [-0.15, -0.1) is 0 Å². The van der Waals surface area contributed by atoms with Crippen LogP contribution >= 0.6 is 0 Å². The number of hydrogen-bond acceptors (Lipinski definition) is 4. The van der Waals surface area contributed by atoms with Crippen molar-refractivity contribution in [3.8, 4) is 0 Å². The zero-order valence-electron chi connectivity index (χ0n) is 17.4. The molecule has 2 amide bonds. The molecule has 0 radical (unpaired) electrons. The monoisotopic (exact) mass is 414 g/mol. The van der Waals surface area contributed by atoms with Gasteiger partial charge in [-0.1, -0.05) is 18.2 Å². The summed E-state index contributed by atoms with van der Waals surface area (Å²) < 4.78 is 12.1. The largest absolute Gasteiger partial charge is 0.322 e. The van der Waals surface area contributed by atoms with Crippen molar-refractivity contribution in [3.05, 3.63) is 59.9 Å². The number of hydrogen-bond donors (Lipinski definition) is 1. The van der Waals surface area contributed by atoms with Crippen LogP contribution in [0.25, 0.3) is 0 Å². The minimum atomic E-state index is -0.968. The molecule has 1 atom stereocenters. The first-order valence-corrected chi connectivity index (χ1v) is 11.3. The van der Waals surface area contributed by atoms with E-state index in [1.165, 1.54) is 0 Å². The summed E-state index contributed by atoms with van der Waals surface area (Å²) in [6, 6.07) is 13.5. The number of carbonyl (C=O) groups excluding carboxylic acids is 1. The molecular weight excluding hydrogens is 384 g/mol. The number of anilines is 1. The third kappa shape index (κ3) is 6.37. The van der Waals surface area contributed by atoms with Gasteiger partial charge in [0.25, 0.3) is 0 Å². The first-order valence-electron chi connectivity index (χ1n) is 9.97. The van der Waals surface area contributed by atoms with Crippen molar-refractivity contribution in [1.29, 1.82) is 0 Å². The number of pyridine rings is 1. The zero-order chi connectivity index (χ0) is 20.9. The van der Waals surface area contributed by atoms with Gasteiger partial charge in [0.2, 0.25) is 0 Å². The van der Waals surface area contributed by atoms with Gasteiger partial charge in [-0.25, -0.2) is 4.79 Å². The van der Waals surface area contributed by atoms with E-state index in [1.54, 1.807) is 0 Å². The predicted molar refractivity (Wildman–Crippen MR) is 118 cm³/mol. The number of urea groups is 1. The summed E-state index contributed by atoms with van der Waals surface area (Å²) in [5, 5.41) is 2.99. The van der Waals surface area contributed by atoms with Gasteiger partial charge in [-0.2, -0.15) is 0 Å². The normalized spacial score (nSPS) is 16.4. The Bertz CT molecular complexity index is 843. The first kappa shape index (κ1) is 21.5. The van der Waals surface area contributed by atoms with E-state index in [0.717, 1.165) is 36.6 Å². The maximum Gasteiger partial charge on any atom is 0.321 e. The molecule has 1 aromatic heterocycles. The maximum absolute atomic E-state index is 12.6. The van der Waals surface area contributed by atoms with Crippen LogP contribution in [0, 0.1) is 0 Å². The van der Waals surface area contributed by atoms with Gasteiger partial charge in [0, 0.05) is 65.9 Å². The lowest BCUT2D eigenvalue weighted by Gasteiger charge is -2.34.